The molecule has 1 saturated heterocycles. The van der Waals surface area contributed by atoms with Crippen molar-refractivity contribution < 1.29 is 0 Å². The van der Waals surface area contributed by atoms with Crippen LogP contribution in [0, 0.1) is 11.3 Å². The number of hydrogen-bond donors (Lipinski definition) is 2. The molecule has 2 unspecified atom stereocenters. The lowest BCUT2D eigenvalue weighted by atomic mass is 9.97. The number of rotatable bonds is 7. The van der Waals surface area contributed by atoms with E-state index in [4.69, 9.17) is 4.99 Å². The summed E-state index contributed by atoms with van der Waals surface area (Å²) < 4.78 is 0. The largest absolute Gasteiger partial charge is 0.357 e. The molecule has 3 fully saturated rings. The highest BCUT2D eigenvalue weighted by Gasteiger charge is 2.53. The van der Waals surface area contributed by atoms with Crippen LogP contribution in [0.4, 0.5) is 0 Å². The Labute approximate surface area is 164 Å². The minimum absolute atomic E-state index is 0.529. The van der Waals surface area contributed by atoms with Gasteiger partial charge in [-0.15, -0.1) is 0 Å². The van der Waals surface area contributed by atoms with Crippen LogP contribution in [0.2, 0.25) is 0 Å². The van der Waals surface area contributed by atoms with Crippen molar-refractivity contribution in [2.24, 2.45) is 16.3 Å². The Hall–Kier alpha value is -1.55. The van der Waals surface area contributed by atoms with E-state index in [0.717, 1.165) is 38.1 Å². The zero-order valence-electron chi connectivity index (χ0n) is 17.1. The van der Waals surface area contributed by atoms with Crippen molar-refractivity contribution in [2.45, 2.75) is 71.0 Å². The molecule has 1 heterocycles. The number of aliphatic imine (C=N–C) groups is 1. The van der Waals surface area contributed by atoms with Gasteiger partial charge in [-0.25, -0.2) is 0 Å². The summed E-state index contributed by atoms with van der Waals surface area (Å²) in [6, 6.07) is 12.0. The molecular weight excluding hydrogens is 332 g/mol. The summed E-state index contributed by atoms with van der Waals surface area (Å²) >= 11 is 0. The van der Waals surface area contributed by atoms with Gasteiger partial charge in [0.1, 0.15) is 0 Å². The molecule has 2 saturated carbocycles. The van der Waals surface area contributed by atoms with Crippen molar-refractivity contribution in [3.05, 3.63) is 35.9 Å². The van der Waals surface area contributed by atoms with Gasteiger partial charge >= 0.3 is 0 Å². The number of nitrogens with one attached hydrogen (secondary N) is 2. The third-order valence-electron chi connectivity index (χ3n) is 6.81. The molecule has 2 atom stereocenters. The van der Waals surface area contributed by atoms with Gasteiger partial charge in [0, 0.05) is 38.3 Å². The zero-order valence-corrected chi connectivity index (χ0v) is 17.1. The summed E-state index contributed by atoms with van der Waals surface area (Å²) in [6.07, 6.45) is 8.05. The van der Waals surface area contributed by atoms with Crippen molar-refractivity contribution in [1.29, 1.82) is 0 Å². The second-order valence-electron chi connectivity index (χ2n) is 9.00. The minimum atomic E-state index is 0.529. The Bertz CT molecular complexity index is 633. The van der Waals surface area contributed by atoms with Crippen LogP contribution in [-0.4, -0.2) is 42.6 Å². The van der Waals surface area contributed by atoms with E-state index in [1.54, 1.807) is 0 Å². The van der Waals surface area contributed by atoms with Crippen LogP contribution in [0.1, 0.15) is 57.9 Å². The Morgan fingerprint density at radius 1 is 1.19 bits per heavy atom. The van der Waals surface area contributed by atoms with E-state index in [0.29, 0.717) is 17.5 Å². The number of piperidine rings is 1. The summed E-state index contributed by atoms with van der Waals surface area (Å²) in [5.41, 5.74) is 2.00. The summed E-state index contributed by atoms with van der Waals surface area (Å²) in [7, 11) is 0. The summed E-state index contributed by atoms with van der Waals surface area (Å²) in [4.78, 5) is 7.61. The van der Waals surface area contributed by atoms with E-state index in [1.807, 2.05) is 0 Å². The standard InChI is InChI=1S/C23H36N4/c1-3-24-22(25-17-23(12-13-23)20-9-10-20)26-21-11-14-27(18(2)15-21)16-19-7-5-4-6-8-19/h4-8,18,20-21H,3,9-17H2,1-2H3,(H2,24,25,26). The van der Waals surface area contributed by atoms with Gasteiger partial charge in [-0.1, -0.05) is 30.3 Å². The van der Waals surface area contributed by atoms with Crippen molar-refractivity contribution in [3.63, 3.8) is 0 Å². The topological polar surface area (TPSA) is 39.7 Å². The first-order chi connectivity index (χ1) is 13.2. The van der Waals surface area contributed by atoms with E-state index in [9.17, 15) is 0 Å². The predicted molar refractivity (Wildman–Crippen MR) is 113 cm³/mol. The number of hydrogen-bond acceptors (Lipinski definition) is 2. The highest BCUT2D eigenvalue weighted by atomic mass is 15.2. The van der Waals surface area contributed by atoms with Crippen molar-refractivity contribution in [2.75, 3.05) is 19.6 Å². The molecule has 148 valence electrons. The van der Waals surface area contributed by atoms with Crippen molar-refractivity contribution in [1.82, 2.24) is 15.5 Å². The number of nitrogens with zero attached hydrogens (tertiary/aromatic N) is 2. The Morgan fingerprint density at radius 2 is 1.96 bits per heavy atom. The van der Waals surface area contributed by atoms with Gasteiger partial charge in [-0.2, -0.15) is 0 Å². The molecule has 2 N–H and O–H groups in total. The molecular formula is C23H36N4. The second kappa shape index (κ2) is 8.22. The SMILES string of the molecule is CCNC(=NCC1(C2CC2)CC1)NC1CCN(Cc2ccccc2)C(C)C1. The molecule has 0 bridgehead atoms. The van der Waals surface area contributed by atoms with Gasteiger partial charge in [-0.05, 0) is 69.3 Å². The van der Waals surface area contributed by atoms with Gasteiger partial charge < -0.3 is 10.6 Å². The van der Waals surface area contributed by atoms with E-state index >= 15 is 0 Å². The molecule has 0 spiro atoms. The van der Waals surface area contributed by atoms with E-state index < -0.39 is 0 Å². The van der Waals surface area contributed by atoms with Gasteiger partial charge in [0.15, 0.2) is 5.96 Å². The monoisotopic (exact) mass is 368 g/mol. The second-order valence-corrected chi connectivity index (χ2v) is 9.00. The lowest BCUT2D eigenvalue weighted by Gasteiger charge is -2.38. The lowest BCUT2D eigenvalue weighted by Crippen LogP contribution is -2.51. The fourth-order valence-electron chi connectivity index (χ4n) is 4.71. The van der Waals surface area contributed by atoms with Gasteiger partial charge in [-0.3, -0.25) is 9.89 Å². The fraction of sp³-hybridized carbons (Fsp3) is 0.696. The first kappa shape index (κ1) is 18.8. The first-order valence-electron chi connectivity index (χ1n) is 11.0. The maximum absolute atomic E-state index is 5.00. The van der Waals surface area contributed by atoms with Gasteiger partial charge in [0.2, 0.25) is 0 Å². The average molecular weight is 369 g/mol. The van der Waals surface area contributed by atoms with Gasteiger partial charge in [0.25, 0.3) is 0 Å². The molecule has 3 aliphatic rings. The van der Waals surface area contributed by atoms with E-state index in [-0.39, 0.29) is 0 Å². The maximum Gasteiger partial charge on any atom is 0.191 e. The lowest BCUT2D eigenvalue weighted by molar-refractivity contribution is 0.134. The Morgan fingerprint density at radius 3 is 2.59 bits per heavy atom. The first-order valence-corrected chi connectivity index (χ1v) is 11.0. The molecule has 4 nitrogen and oxygen atoms in total. The number of guanidine groups is 1. The van der Waals surface area contributed by atoms with Crippen LogP contribution in [0.25, 0.3) is 0 Å². The molecule has 1 aliphatic heterocycles. The van der Waals surface area contributed by atoms with Crippen molar-refractivity contribution >= 4 is 5.96 Å². The molecule has 2 aliphatic carbocycles. The van der Waals surface area contributed by atoms with Crippen LogP contribution in [-0.2, 0) is 6.54 Å². The molecule has 0 aromatic heterocycles. The third-order valence-corrected chi connectivity index (χ3v) is 6.81. The summed E-state index contributed by atoms with van der Waals surface area (Å²) in [5, 5.41) is 7.22. The van der Waals surface area contributed by atoms with Crippen LogP contribution in [0.5, 0.6) is 0 Å². The van der Waals surface area contributed by atoms with E-state index in [1.165, 1.54) is 44.1 Å². The third kappa shape index (κ3) is 4.84. The van der Waals surface area contributed by atoms with Gasteiger partial charge in [0.05, 0.1) is 0 Å². The smallest absolute Gasteiger partial charge is 0.191 e. The van der Waals surface area contributed by atoms with Crippen LogP contribution < -0.4 is 10.6 Å². The normalized spacial score (nSPS) is 28.0. The van der Waals surface area contributed by atoms with E-state index in [2.05, 4.69) is 59.7 Å². The molecule has 1 aromatic rings. The average Bonchev–Trinajstić information content (AvgIpc) is 3.56. The van der Waals surface area contributed by atoms with Crippen LogP contribution >= 0.6 is 0 Å². The maximum atomic E-state index is 5.00. The molecule has 1 aromatic carbocycles. The number of likely N-dealkylation sites (tertiary alicyclic amines) is 1. The fourth-order valence-corrected chi connectivity index (χ4v) is 4.71. The highest BCUT2D eigenvalue weighted by Crippen LogP contribution is 2.61. The Balaban J connectivity index is 1.29. The molecule has 27 heavy (non-hydrogen) atoms. The number of benzene rings is 1. The van der Waals surface area contributed by atoms with Crippen LogP contribution in [0.15, 0.2) is 35.3 Å². The predicted octanol–water partition coefficient (Wildman–Crippen LogP) is 3.78. The zero-order chi connectivity index (χ0) is 18.7. The summed E-state index contributed by atoms with van der Waals surface area (Å²) in [6.45, 7) is 8.70. The molecule has 0 amide bonds. The molecule has 0 radical (unpaired) electrons. The quantitative estimate of drug-likeness (QED) is 0.568. The van der Waals surface area contributed by atoms with Crippen LogP contribution in [0.3, 0.4) is 0 Å². The Kier molecular flexibility index (Phi) is 5.72. The van der Waals surface area contributed by atoms with Crippen molar-refractivity contribution in [3.8, 4) is 0 Å². The molecule has 4 heteroatoms. The molecule has 4 rings (SSSR count). The minimum Gasteiger partial charge on any atom is -0.357 e. The highest BCUT2D eigenvalue weighted by molar-refractivity contribution is 5.80. The summed E-state index contributed by atoms with van der Waals surface area (Å²) in [5.74, 6) is 2.02.